The molecule has 0 aliphatic carbocycles. The van der Waals surface area contributed by atoms with Crippen LogP contribution in [0.3, 0.4) is 0 Å². The Morgan fingerprint density at radius 3 is 2.77 bits per heavy atom. The summed E-state index contributed by atoms with van der Waals surface area (Å²) in [7, 11) is -3.92. The van der Waals surface area contributed by atoms with E-state index in [2.05, 4.69) is 15.8 Å². The van der Waals surface area contributed by atoms with Gasteiger partial charge in [-0.1, -0.05) is 18.2 Å². The monoisotopic (exact) mass is 369 g/mol. The van der Waals surface area contributed by atoms with E-state index in [4.69, 9.17) is 5.11 Å². The van der Waals surface area contributed by atoms with Crippen LogP contribution in [0.5, 0.6) is 0 Å². The number of carboxylic acids is 1. The second-order valence-corrected chi connectivity index (χ2v) is 7.50. The lowest BCUT2D eigenvalue weighted by Gasteiger charge is -2.11. The van der Waals surface area contributed by atoms with Gasteiger partial charge >= 0.3 is 5.97 Å². The van der Waals surface area contributed by atoms with Crippen LogP contribution in [-0.4, -0.2) is 24.5 Å². The zero-order chi connectivity index (χ0) is 18.9. The highest BCUT2D eigenvalue weighted by molar-refractivity contribution is 7.92. The third-order valence-corrected chi connectivity index (χ3v) is 5.34. The van der Waals surface area contributed by atoms with Gasteiger partial charge in [-0.25, -0.2) is 8.42 Å². The number of fused-ring (bicyclic) bond motifs is 1. The van der Waals surface area contributed by atoms with Gasteiger partial charge < -0.3 is 10.1 Å². The summed E-state index contributed by atoms with van der Waals surface area (Å²) in [6.07, 6.45) is 1.27. The number of carbonyl (C=O) groups is 1. The summed E-state index contributed by atoms with van der Waals surface area (Å²) < 4.78 is 27.9. The number of nitriles is 1. The molecule has 0 unspecified atom stereocenters. The van der Waals surface area contributed by atoms with Crippen molar-refractivity contribution in [2.75, 3.05) is 4.72 Å². The van der Waals surface area contributed by atoms with Gasteiger partial charge in [0.05, 0.1) is 28.1 Å². The largest absolute Gasteiger partial charge is 0.481 e. The molecular formula is C18H15N3O4S. The molecule has 8 heteroatoms. The fourth-order valence-corrected chi connectivity index (χ4v) is 3.94. The molecule has 1 aromatic heterocycles. The Balaban J connectivity index is 2.02. The molecular weight excluding hydrogens is 354 g/mol. The number of nitrogens with one attached hydrogen (secondary N) is 2. The summed E-state index contributed by atoms with van der Waals surface area (Å²) in [5, 5.41) is 18.7. The second-order valence-electron chi connectivity index (χ2n) is 5.82. The Morgan fingerprint density at radius 1 is 1.31 bits per heavy atom. The molecule has 3 aromatic rings. The Kier molecular flexibility index (Phi) is 4.40. The van der Waals surface area contributed by atoms with Crippen LogP contribution in [0.4, 0.5) is 5.69 Å². The molecule has 0 saturated carbocycles. The zero-order valence-corrected chi connectivity index (χ0v) is 14.6. The van der Waals surface area contributed by atoms with Gasteiger partial charge in [0.1, 0.15) is 6.07 Å². The zero-order valence-electron chi connectivity index (χ0n) is 13.8. The minimum Gasteiger partial charge on any atom is -0.481 e. The lowest BCUT2D eigenvalue weighted by molar-refractivity contribution is -0.136. The number of aromatic nitrogens is 1. The van der Waals surface area contributed by atoms with Gasteiger partial charge in [0.2, 0.25) is 0 Å². The molecule has 0 aliphatic heterocycles. The van der Waals surface area contributed by atoms with Crippen molar-refractivity contribution < 1.29 is 18.3 Å². The van der Waals surface area contributed by atoms with Crippen molar-refractivity contribution in [2.45, 2.75) is 18.2 Å². The summed E-state index contributed by atoms with van der Waals surface area (Å²) in [5.41, 5.74) is 2.51. The quantitative estimate of drug-likeness (QED) is 0.638. The Morgan fingerprint density at radius 2 is 2.08 bits per heavy atom. The van der Waals surface area contributed by atoms with Crippen LogP contribution >= 0.6 is 0 Å². The van der Waals surface area contributed by atoms with Gasteiger partial charge in [0.25, 0.3) is 10.0 Å². The first kappa shape index (κ1) is 17.5. The number of H-pyrrole nitrogens is 1. The molecule has 132 valence electrons. The van der Waals surface area contributed by atoms with Gasteiger partial charge in [0.15, 0.2) is 0 Å². The molecule has 7 nitrogen and oxygen atoms in total. The third-order valence-electron chi connectivity index (χ3n) is 3.97. The summed E-state index contributed by atoms with van der Waals surface area (Å²) in [6, 6.07) is 11.2. The van der Waals surface area contributed by atoms with Crippen molar-refractivity contribution in [2.24, 2.45) is 0 Å². The molecule has 0 atom stereocenters. The molecule has 0 saturated heterocycles. The van der Waals surface area contributed by atoms with E-state index in [1.54, 1.807) is 18.2 Å². The maximum atomic E-state index is 12.7. The van der Waals surface area contributed by atoms with Gasteiger partial charge in [0, 0.05) is 11.6 Å². The van der Waals surface area contributed by atoms with E-state index < -0.39 is 16.0 Å². The van der Waals surface area contributed by atoms with Crippen molar-refractivity contribution in [1.82, 2.24) is 4.98 Å². The molecule has 0 spiro atoms. The van der Waals surface area contributed by atoms with Crippen LogP contribution in [-0.2, 0) is 21.2 Å². The van der Waals surface area contributed by atoms with Crippen LogP contribution in [0.25, 0.3) is 10.9 Å². The molecule has 1 heterocycles. The molecule has 3 N–H and O–H groups in total. The lowest BCUT2D eigenvalue weighted by Crippen LogP contribution is -2.14. The van der Waals surface area contributed by atoms with E-state index in [1.807, 2.05) is 6.92 Å². The fourth-order valence-electron chi connectivity index (χ4n) is 2.79. The summed E-state index contributed by atoms with van der Waals surface area (Å²) >= 11 is 0. The smallest absolute Gasteiger partial charge is 0.307 e. The predicted octanol–water partition coefficient (Wildman–Crippen LogP) is 2.78. The first-order chi connectivity index (χ1) is 12.3. The highest BCUT2D eigenvalue weighted by Gasteiger charge is 2.18. The van der Waals surface area contributed by atoms with E-state index in [-0.39, 0.29) is 11.3 Å². The number of benzene rings is 2. The number of rotatable bonds is 5. The normalized spacial score (nSPS) is 11.2. The first-order valence-corrected chi connectivity index (χ1v) is 9.14. The maximum Gasteiger partial charge on any atom is 0.307 e. The predicted molar refractivity (Wildman–Crippen MR) is 96.3 cm³/mol. The molecule has 0 bridgehead atoms. The average molecular weight is 369 g/mol. The molecule has 26 heavy (non-hydrogen) atoms. The summed E-state index contributed by atoms with van der Waals surface area (Å²) in [6.45, 7) is 1.84. The highest BCUT2D eigenvalue weighted by Crippen LogP contribution is 2.30. The van der Waals surface area contributed by atoms with Gasteiger partial charge in [-0.05, 0) is 36.2 Å². The third kappa shape index (κ3) is 3.25. The van der Waals surface area contributed by atoms with Crippen molar-refractivity contribution >= 4 is 32.6 Å². The van der Waals surface area contributed by atoms with E-state index >= 15 is 0 Å². The number of nitrogens with zero attached hydrogens (tertiary/aromatic N) is 1. The Hall–Kier alpha value is -3.31. The lowest BCUT2D eigenvalue weighted by atomic mass is 10.1. The number of carboxylic acid groups (broad SMARTS) is 1. The summed E-state index contributed by atoms with van der Waals surface area (Å²) in [4.78, 5) is 13.7. The standard InChI is InChI=1S/C18H15N3O4S/c1-11-5-6-15(18-17(11)13(9-19)10-20-18)21-26(24,25)14-4-2-3-12(7-14)8-16(22)23/h2-7,10,20-21H,8H2,1H3,(H,22,23). The average Bonchev–Trinajstić information content (AvgIpc) is 3.02. The van der Waals surface area contributed by atoms with E-state index in [1.165, 1.54) is 24.4 Å². The molecule has 0 amide bonds. The van der Waals surface area contributed by atoms with E-state index in [0.717, 1.165) is 5.56 Å². The first-order valence-electron chi connectivity index (χ1n) is 7.66. The van der Waals surface area contributed by atoms with Crippen molar-refractivity contribution in [1.29, 1.82) is 5.26 Å². The number of aryl methyl sites for hydroxylation is 1. The number of aliphatic carboxylic acids is 1. The van der Waals surface area contributed by atoms with Gasteiger partial charge in [-0.3, -0.25) is 9.52 Å². The summed E-state index contributed by atoms with van der Waals surface area (Å²) in [5.74, 6) is -1.04. The van der Waals surface area contributed by atoms with E-state index in [0.29, 0.717) is 27.7 Å². The Bertz CT molecular complexity index is 1160. The number of aromatic amines is 1. The van der Waals surface area contributed by atoms with Crippen LogP contribution in [0.15, 0.2) is 47.5 Å². The fraction of sp³-hybridized carbons (Fsp3) is 0.111. The number of sulfonamides is 1. The van der Waals surface area contributed by atoms with Gasteiger partial charge in [-0.2, -0.15) is 5.26 Å². The topological polar surface area (TPSA) is 123 Å². The minimum absolute atomic E-state index is 0.0305. The second kappa shape index (κ2) is 6.54. The Labute approximate surface area is 149 Å². The number of hydrogen-bond donors (Lipinski definition) is 3. The molecule has 3 rings (SSSR count). The highest BCUT2D eigenvalue weighted by atomic mass is 32.2. The minimum atomic E-state index is -3.92. The molecule has 0 aliphatic rings. The van der Waals surface area contributed by atoms with E-state index in [9.17, 15) is 18.5 Å². The maximum absolute atomic E-state index is 12.7. The van der Waals surface area contributed by atoms with Crippen molar-refractivity contribution in [3.8, 4) is 6.07 Å². The van der Waals surface area contributed by atoms with Crippen LogP contribution < -0.4 is 4.72 Å². The molecule has 0 fully saturated rings. The van der Waals surface area contributed by atoms with Crippen molar-refractivity contribution in [3.05, 3.63) is 59.3 Å². The number of hydrogen-bond acceptors (Lipinski definition) is 4. The van der Waals surface area contributed by atoms with Crippen LogP contribution in [0.2, 0.25) is 0 Å². The van der Waals surface area contributed by atoms with Crippen LogP contribution in [0, 0.1) is 18.3 Å². The van der Waals surface area contributed by atoms with Gasteiger partial charge in [-0.15, -0.1) is 0 Å². The molecule has 0 radical (unpaired) electrons. The molecule has 2 aromatic carbocycles. The van der Waals surface area contributed by atoms with Crippen LogP contribution in [0.1, 0.15) is 16.7 Å². The SMILES string of the molecule is Cc1ccc(NS(=O)(=O)c2cccc(CC(=O)O)c2)c2[nH]cc(C#N)c12. The number of anilines is 1. The van der Waals surface area contributed by atoms with Crippen molar-refractivity contribution in [3.63, 3.8) is 0 Å².